The Bertz CT molecular complexity index is 1140. The minimum atomic E-state index is -0.287. The summed E-state index contributed by atoms with van der Waals surface area (Å²) < 4.78 is 2.19. The van der Waals surface area contributed by atoms with Crippen LogP contribution in [0.3, 0.4) is 0 Å². The molecule has 162 valence electrons. The fourth-order valence-corrected chi connectivity index (χ4v) is 4.72. The smallest absolute Gasteiger partial charge is 0.0991 e. The van der Waals surface area contributed by atoms with E-state index in [9.17, 15) is 5.26 Å². The topological polar surface area (TPSA) is 68.6 Å². The van der Waals surface area contributed by atoms with Gasteiger partial charge < -0.3 is 4.57 Å². The lowest BCUT2D eigenvalue weighted by Gasteiger charge is -2.40. The standard InChI is InChI=1S/C27H29N5/c1-21-5-3-4-6-25(21)15-27(19-29)11-13-31(14-12-27)22(2)26-17-30-20-32(26)18-24-9-7-23(16-28)8-10-24/h3-10,17,20,22H,11-15,18H2,1-2H3. The molecule has 1 aliphatic heterocycles. The van der Waals surface area contributed by atoms with Crippen molar-refractivity contribution in [2.45, 2.75) is 45.7 Å². The van der Waals surface area contributed by atoms with Crippen LogP contribution < -0.4 is 0 Å². The molecule has 5 heteroatoms. The van der Waals surface area contributed by atoms with Crippen molar-refractivity contribution in [3.8, 4) is 12.1 Å². The SMILES string of the molecule is Cc1ccccc1CC1(C#N)CCN(C(C)c2cncn2Cc2ccc(C#N)cc2)CC1. The van der Waals surface area contributed by atoms with Crippen LogP contribution >= 0.6 is 0 Å². The first-order valence-corrected chi connectivity index (χ1v) is 11.2. The van der Waals surface area contributed by atoms with Gasteiger partial charge in [0.15, 0.2) is 0 Å². The zero-order valence-electron chi connectivity index (χ0n) is 18.8. The molecule has 2 aromatic carbocycles. The van der Waals surface area contributed by atoms with Crippen LogP contribution in [0.1, 0.15) is 53.8 Å². The van der Waals surface area contributed by atoms with Crippen LogP contribution in [0.15, 0.2) is 61.1 Å². The van der Waals surface area contributed by atoms with E-state index in [1.54, 1.807) is 0 Å². The van der Waals surface area contributed by atoms with Crippen molar-refractivity contribution in [3.05, 3.63) is 89.0 Å². The summed E-state index contributed by atoms with van der Waals surface area (Å²) in [5.41, 5.74) is 5.27. The predicted octanol–water partition coefficient (Wildman–Crippen LogP) is 5.02. The normalized spacial score (nSPS) is 16.8. The Labute approximate surface area is 190 Å². The third-order valence-corrected chi connectivity index (χ3v) is 6.94. The summed E-state index contributed by atoms with van der Waals surface area (Å²) in [5, 5.41) is 19.1. The summed E-state index contributed by atoms with van der Waals surface area (Å²) in [7, 11) is 0. The maximum absolute atomic E-state index is 10.0. The predicted molar refractivity (Wildman–Crippen MR) is 125 cm³/mol. The zero-order chi connectivity index (χ0) is 22.6. The van der Waals surface area contributed by atoms with Crippen LogP contribution in [0.4, 0.5) is 0 Å². The fourth-order valence-electron chi connectivity index (χ4n) is 4.72. The first kappa shape index (κ1) is 21.8. The zero-order valence-corrected chi connectivity index (χ0v) is 18.8. The van der Waals surface area contributed by atoms with Crippen LogP contribution in [-0.4, -0.2) is 27.5 Å². The number of hydrogen-bond donors (Lipinski definition) is 0. The molecule has 1 atom stereocenters. The van der Waals surface area contributed by atoms with E-state index in [0.717, 1.165) is 44.5 Å². The summed E-state index contributed by atoms with van der Waals surface area (Å²) in [6.07, 6.45) is 6.42. The molecule has 1 unspecified atom stereocenters. The van der Waals surface area contributed by atoms with Crippen molar-refractivity contribution in [2.75, 3.05) is 13.1 Å². The Kier molecular flexibility index (Phi) is 6.40. The van der Waals surface area contributed by atoms with Crippen molar-refractivity contribution in [2.24, 2.45) is 5.41 Å². The number of hydrogen-bond acceptors (Lipinski definition) is 4. The Hall–Kier alpha value is -3.41. The van der Waals surface area contributed by atoms with Gasteiger partial charge in [-0.2, -0.15) is 10.5 Å². The lowest BCUT2D eigenvalue weighted by atomic mass is 9.74. The third-order valence-electron chi connectivity index (χ3n) is 6.94. The monoisotopic (exact) mass is 423 g/mol. The number of likely N-dealkylation sites (tertiary alicyclic amines) is 1. The number of aromatic nitrogens is 2. The quantitative estimate of drug-likeness (QED) is 0.558. The maximum Gasteiger partial charge on any atom is 0.0991 e. The first-order chi connectivity index (χ1) is 15.5. The van der Waals surface area contributed by atoms with Crippen molar-refractivity contribution in [3.63, 3.8) is 0 Å². The van der Waals surface area contributed by atoms with Crippen LogP contribution in [0.25, 0.3) is 0 Å². The number of nitriles is 2. The second-order valence-corrected chi connectivity index (χ2v) is 8.96. The average molecular weight is 424 g/mol. The van der Waals surface area contributed by atoms with Gasteiger partial charge in [0, 0.05) is 31.9 Å². The van der Waals surface area contributed by atoms with Crippen LogP contribution in [0.5, 0.6) is 0 Å². The molecule has 1 aromatic heterocycles. The number of benzene rings is 2. The molecule has 32 heavy (non-hydrogen) atoms. The van der Waals surface area contributed by atoms with Crippen LogP contribution in [0.2, 0.25) is 0 Å². The van der Waals surface area contributed by atoms with Gasteiger partial charge in [-0.1, -0.05) is 36.4 Å². The maximum atomic E-state index is 10.0. The van der Waals surface area contributed by atoms with E-state index < -0.39 is 0 Å². The van der Waals surface area contributed by atoms with Gasteiger partial charge in [-0.25, -0.2) is 4.98 Å². The number of rotatable bonds is 6. The average Bonchev–Trinajstić information content (AvgIpc) is 3.29. The Morgan fingerprint density at radius 3 is 2.44 bits per heavy atom. The number of aryl methyl sites for hydroxylation is 1. The van der Waals surface area contributed by atoms with E-state index in [2.05, 4.69) is 64.7 Å². The molecule has 3 aromatic rings. The summed E-state index contributed by atoms with van der Waals surface area (Å²) in [5.74, 6) is 0. The molecule has 0 spiro atoms. The molecular formula is C27H29N5. The van der Waals surface area contributed by atoms with E-state index >= 15 is 0 Å². The molecule has 4 rings (SSSR count). The molecule has 0 aliphatic carbocycles. The Balaban J connectivity index is 1.43. The van der Waals surface area contributed by atoms with Gasteiger partial charge in [-0.3, -0.25) is 4.90 Å². The molecule has 0 bridgehead atoms. The largest absolute Gasteiger partial charge is 0.329 e. The molecule has 0 amide bonds. The highest BCUT2D eigenvalue weighted by molar-refractivity contribution is 5.32. The summed E-state index contributed by atoms with van der Waals surface area (Å²) >= 11 is 0. The molecule has 2 heterocycles. The summed E-state index contributed by atoms with van der Waals surface area (Å²) in [6, 6.07) is 21.2. The summed E-state index contributed by atoms with van der Waals surface area (Å²) in [4.78, 5) is 6.88. The number of nitrogens with zero attached hydrogens (tertiary/aromatic N) is 5. The fraction of sp³-hybridized carbons (Fsp3) is 0.370. The van der Waals surface area contributed by atoms with Gasteiger partial charge in [-0.15, -0.1) is 0 Å². The van der Waals surface area contributed by atoms with E-state index in [-0.39, 0.29) is 11.5 Å². The van der Waals surface area contributed by atoms with Gasteiger partial charge >= 0.3 is 0 Å². The van der Waals surface area contributed by atoms with Crippen molar-refractivity contribution in [1.82, 2.24) is 14.5 Å². The van der Waals surface area contributed by atoms with Gasteiger partial charge in [-0.05, 0) is 61.9 Å². The minimum Gasteiger partial charge on any atom is -0.329 e. The molecule has 5 nitrogen and oxygen atoms in total. The lowest BCUT2D eigenvalue weighted by Crippen LogP contribution is -2.42. The van der Waals surface area contributed by atoms with Crippen molar-refractivity contribution in [1.29, 1.82) is 10.5 Å². The molecule has 1 saturated heterocycles. The van der Waals surface area contributed by atoms with Crippen LogP contribution in [0, 0.1) is 35.0 Å². The van der Waals surface area contributed by atoms with E-state index in [0.29, 0.717) is 5.56 Å². The second-order valence-electron chi connectivity index (χ2n) is 8.96. The molecule has 0 N–H and O–H groups in total. The Morgan fingerprint density at radius 2 is 1.78 bits per heavy atom. The lowest BCUT2D eigenvalue weighted by molar-refractivity contribution is 0.107. The highest BCUT2D eigenvalue weighted by Gasteiger charge is 2.37. The molecule has 1 fully saturated rings. The molecule has 0 saturated carbocycles. The van der Waals surface area contributed by atoms with Gasteiger partial charge in [0.1, 0.15) is 0 Å². The molecule has 1 aliphatic rings. The second kappa shape index (κ2) is 9.39. The van der Waals surface area contributed by atoms with E-state index in [4.69, 9.17) is 5.26 Å². The van der Waals surface area contributed by atoms with E-state index in [1.165, 1.54) is 16.8 Å². The van der Waals surface area contributed by atoms with E-state index in [1.807, 2.05) is 36.8 Å². The summed E-state index contributed by atoms with van der Waals surface area (Å²) in [6.45, 7) is 6.90. The number of piperidine rings is 1. The first-order valence-electron chi connectivity index (χ1n) is 11.2. The van der Waals surface area contributed by atoms with Crippen LogP contribution in [-0.2, 0) is 13.0 Å². The van der Waals surface area contributed by atoms with Crippen molar-refractivity contribution < 1.29 is 0 Å². The van der Waals surface area contributed by atoms with Gasteiger partial charge in [0.05, 0.1) is 35.1 Å². The highest BCUT2D eigenvalue weighted by Crippen LogP contribution is 2.37. The molecular weight excluding hydrogens is 394 g/mol. The van der Waals surface area contributed by atoms with Gasteiger partial charge in [0.2, 0.25) is 0 Å². The third kappa shape index (κ3) is 4.59. The van der Waals surface area contributed by atoms with Gasteiger partial charge in [0.25, 0.3) is 0 Å². The molecule has 0 radical (unpaired) electrons. The Morgan fingerprint density at radius 1 is 1.06 bits per heavy atom. The minimum absolute atomic E-state index is 0.228. The number of imidazole rings is 1. The highest BCUT2D eigenvalue weighted by atomic mass is 15.2. The van der Waals surface area contributed by atoms with Crippen molar-refractivity contribution >= 4 is 0 Å².